The van der Waals surface area contributed by atoms with Gasteiger partial charge in [-0.05, 0) is 62.7 Å². The molecule has 0 saturated carbocycles. The van der Waals surface area contributed by atoms with Crippen LogP contribution in [-0.4, -0.2) is 35.3 Å². The number of halogens is 1. The van der Waals surface area contributed by atoms with Gasteiger partial charge in [0, 0.05) is 36.4 Å². The van der Waals surface area contributed by atoms with Crippen LogP contribution in [0.2, 0.25) is 0 Å². The van der Waals surface area contributed by atoms with Crippen LogP contribution in [0.15, 0.2) is 48.9 Å². The Bertz CT molecular complexity index is 1090. The van der Waals surface area contributed by atoms with Gasteiger partial charge < -0.3 is 20.8 Å². The molecule has 0 radical (unpaired) electrons. The second-order valence-corrected chi connectivity index (χ2v) is 7.37. The van der Waals surface area contributed by atoms with E-state index in [-0.39, 0.29) is 5.75 Å². The molecule has 1 saturated heterocycles. The van der Waals surface area contributed by atoms with E-state index in [0.29, 0.717) is 34.0 Å². The molecule has 3 N–H and O–H groups in total. The molecular formula is C23H24FN5O. The summed E-state index contributed by atoms with van der Waals surface area (Å²) in [4.78, 5) is 8.90. The molecule has 0 spiro atoms. The van der Waals surface area contributed by atoms with Gasteiger partial charge in [-0.2, -0.15) is 0 Å². The lowest BCUT2D eigenvalue weighted by Gasteiger charge is -2.23. The normalized spacial score (nSPS) is 15.2. The minimum Gasteiger partial charge on any atom is -0.453 e. The minimum absolute atomic E-state index is 0.156. The average molecular weight is 405 g/mol. The number of nitrogens with zero attached hydrogens (tertiary/aromatic N) is 2. The van der Waals surface area contributed by atoms with E-state index in [2.05, 4.69) is 20.6 Å². The number of pyridine rings is 2. The van der Waals surface area contributed by atoms with Crippen molar-refractivity contribution >= 4 is 22.7 Å². The number of allylic oxidation sites excluding steroid dienone is 1. The molecule has 1 aliphatic rings. The van der Waals surface area contributed by atoms with E-state index >= 15 is 0 Å². The van der Waals surface area contributed by atoms with Crippen molar-refractivity contribution in [3.8, 4) is 11.5 Å². The quantitative estimate of drug-likeness (QED) is 0.536. The average Bonchev–Trinajstić information content (AvgIpc) is 2.77. The largest absolute Gasteiger partial charge is 0.453 e. The number of aryl methyl sites for hydroxylation is 1. The Kier molecular flexibility index (Phi) is 5.99. The first-order valence-corrected chi connectivity index (χ1v) is 10.0. The number of benzene rings is 1. The monoisotopic (exact) mass is 405 g/mol. The van der Waals surface area contributed by atoms with Gasteiger partial charge in [0.05, 0.1) is 16.6 Å². The van der Waals surface area contributed by atoms with Crippen molar-refractivity contribution in [3.63, 3.8) is 0 Å². The van der Waals surface area contributed by atoms with Crippen molar-refractivity contribution in [3.05, 3.63) is 66.0 Å². The number of hydrogen-bond acceptors (Lipinski definition) is 6. The number of nitrogens with one attached hydrogen (secondary N) is 3. The number of rotatable bonds is 6. The molecule has 30 heavy (non-hydrogen) atoms. The number of aromatic nitrogens is 2. The van der Waals surface area contributed by atoms with Crippen molar-refractivity contribution in [2.45, 2.75) is 25.8 Å². The van der Waals surface area contributed by atoms with Crippen LogP contribution in [0.5, 0.6) is 11.5 Å². The van der Waals surface area contributed by atoms with Gasteiger partial charge in [-0.3, -0.25) is 9.97 Å². The predicted molar refractivity (Wildman–Crippen MR) is 117 cm³/mol. The molecule has 0 aliphatic carbocycles. The summed E-state index contributed by atoms with van der Waals surface area (Å²) >= 11 is 0. The highest BCUT2D eigenvalue weighted by Crippen LogP contribution is 2.31. The topological polar surface area (TPSA) is 82.9 Å². The van der Waals surface area contributed by atoms with E-state index in [4.69, 9.17) is 10.1 Å². The molecule has 0 unspecified atom stereocenters. The lowest BCUT2D eigenvalue weighted by molar-refractivity contribution is 0.420. The fourth-order valence-electron chi connectivity index (χ4n) is 3.46. The summed E-state index contributed by atoms with van der Waals surface area (Å²) < 4.78 is 20.0. The molecule has 0 atom stereocenters. The van der Waals surface area contributed by atoms with Gasteiger partial charge in [-0.1, -0.05) is 6.07 Å². The molecule has 7 heteroatoms. The molecule has 1 fully saturated rings. The van der Waals surface area contributed by atoms with Crippen LogP contribution < -0.4 is 15.4 Å². The zero-order chi connectivity index (χ0) is 20.9. The summed E-state index contributed by atoms with van der Waals surface area (Å²) in [5.74, 6) is 0.223. The second-order valence-electron chi connectivity index (χ2n) is 7.37. The van der Waals surface area contributed by atoms with Crippen LogP contribution in [0.4, 0.5) is 4.39 Å². The van der Waals surface area contributed by atoms with Gasteiger partial charge in [0.2, 0.25) is 0 Å². The summed E-state index contributed by atoms with van der Waals surface area (Å²) in [7, 11) is 0. The first-order chi connectivity index (χ1) is 14.6. The van der Waals surface area contributed by atoms with Crippen LogP contribution in [0.1, 0.15) is 24.1 Å². The van der Waals surface area contributed by atoms with Crippen molar-refractivity contribution in [1.82, 2.24) is 20.6 Å². The summed E-state index contributed by atoms with van der Waals surface area (Å²) in [5.41, 5.74) is 2.81. The van der Waals surface area contributed by atoms with Crippen molar-refractivity contribution in [1.29, 1.82) is 5.41 Å². The third kappa shape index (κ3) is 4.46. The fourth-order valence-corrected chi connectivity index (χ4v) is 3.46. The zero-order valence-corrected chi connectivity index (χ0v) is 16.8. The Hall–Kier alpha value is -3.32. The van der Waals surface area contributed by atoms with Crippen LogP contribution in [0.25, 0.3) is 16.5 Å². The molecular weight excluding hydrogens is 381 g/mol. The third-order valence-corrected chi connectivity index (χ3v) is 5.16. The number of fused-ring (bicyclic) bond motifs is 1. The Morgan fingerprint density at radius 1 is 1.20 bits per heavy atom. The van der Waals surface area contributed by atoms with Gasteiger partial charge >= 0.3 is 0 Å². The molecule has 4 rings (SSSR count). The van der Waals surface area contributed by atoms with Crippen molar-refractivity contribution < 1.29 is 9.13 Å². The SMILES string of the molecule is Cc1ccc(Oc2ccnc3cc(/C(C=N)=C/NC4CCNCC4)ncc23)c(F)c1. The Balaban J connectivity index is 1.60. The maximum atomic E-state index is 14.2. The van der Waals surface area contributed by atoms with E-state index in [1.807, 2.05) is 19.2 Å². The number of ether oxygens (including phenoxy) is 1. The molecule has 0 amide bonds. The Morgan fingerprint density at radius 3 is 2.80 bits per heavy atom. The summed E-state index contributed by atoms with van der Waals surface area (Å²) in [6.07, 6.45) is 8.49. The van der Waals surface area contributed by atoms with Crippen molar-refractivity contribution in [2.75, 3.05) is 13.1 Å². The van der Waals surface area contributed by atoms with Crippen LogP contribution in [0, 0.1) is 18.2 Å². The summed E-state index contributed by atoms with van der Waals surface area (Å²) in [5, 5.41) is 15.2. The second kappa shape index (κ2) is 9.00. The van der Waals surface area contributed by atoms with Gasteiger partial charge in [0.1, 0.15) is 5.75 Å². The smallest absolute Gasteiger partial charge is 0.165 e. The highest BCUT2D eigenvalue weighted by molar-refractivity contribution is 6.08. The van der Waals surface area contributed by atoms with Crippen LogP contribution in [-0.2, 0) is 0 Å². The molecule has 3 aromatic rings. The highest BCUT2D eigenvalue weighted by Gasteiger charge is 2.13. The predicted octanol–water partition coefficient (Wildman–Crippen LogP) is 4.20. The Labute approximate surface area is 174 Å². The molecule has 6 nitrogen and oxygen atoms in total. The van der Waals surface area contributed by atoms with E-state index < -0.39 is 5.82 Å². The minimum atomic E-state index is -0.414. The first kappa shape index (κ1) is 20.0. The van der Waals surface area contributed by atoms with Crippen LogP contribution in [0.3, 0.4) is 0 Å². The maximum absolute atomic E-state index is 14.2. The molecule has 1 aromatic carbocycles. The summed E-state index contributed by atoms with van der Waals surface area (Å²) in [6, 6.07) is 8.74. The first-order valence-electron chi connectivity index (χ1n) is 10.0. The van der Waals surface area contributed by atoms with Gasteiger partial charge in [-0.15, -0.1) is 0 Å². The van der Waals surface area contributed by atoms with E-state index in [9.17, 15) is 4.39 Å². The molecule has 1 aliphatic heterocycles. The third-order valence-electron chi connectivity index (χ3n) is 5.16. The van der Waals surface area contributed by atoms with Crippen molar-refractivity contribution in [2.24, 2.45) is 0 Å². The molecule has 2 aromatic heterocycles. The molecule has 3 heterocycles. The zero-order valence-electron chi connectivity index (χ0n) is 16.8. The maximum Gasteiger partial charge on any atom is 0.165 e. The lowest BCUT2D eigenvalue weighted by atomic mass is 10.1. The van der Waals surface area contributed by atoms with Gasteiger partial charge in [-0.25, -0.2) is 4.39 Å². The van der Waals surface area contributed by atoms with Crippen LogP contribution >= 0.6 is 0 Å². The highest BCUT2D eigenvalue weighted by atomic mass is 19.1. The van der Waals surface area contributed by atoms with E-state index in [0.717, 1.165) is 31.5 Å². The number of hydrogen-bond donors (Lipinski definition) is 3. The standard InChI is InChI=1S/C23H24FN5O/c1-15-2-3-23(19(24)10-15)30-22-6-9-27-21-11-20(29-14-18(21)22)16(12-25)13-28-17-4-7-26-8-5-17/h2-3,6,9-14,17,25-26,28H,4-5,7-8H2,1H3/b16-13+,25-12?. The van der Waals surface area contributed by atoms with E-state index in [1.54, 1.807) is 30.6 Å². The van der Waals surface area contributed by atoms with E-state index in [1.165, 1.54) is 12.3 Å². The van der Waals surface area contributed by atoms with Gasteiger partial charge in [0.25, 0.3) is 0 Å². The van der Waals surface area contributed by atoms with Gasteiger partial charge in [0.15, 0.2) is 11.6 Å². The molecule has 0 bridgehead atoms. The summed E-state index contributed by atoms with van der Waals surface area (Å²) in [6.45, 7) is 3.82. The molecule has 154 valence electrons. The number of piperidine rings is 1. The lowest BCUT2D eigenvalue weighted by Crippen LogP contribution is -2.37. The Morgan fingerprint density at radius 2 is 2.03 bits per heavy atom. The fraction of sp³-hybridized carbons (Fsp3) is 0.261.